The lowest BCUT2D eigenvalue weighted by Crippen LogP contribution is -2.20. The summed E-state index contributed by atoms with van der Waals surface area (Å²) < 4.78 is 28.7. The molecule has 2 fully saturated rings. The Labute approximate surface area is 137 Å². The third-order valence-electron chi connectivity index (χ3n) is 4.29. The van der Waals surface area contributed by atoms with Gasteiger partial charge < -0.3 is 9.80 Å². The Hall–Kier alpha value is -1.89. The molecule has 3 rings (SSSR count). The van der Waals surface area contributed by atoms with Gasteiger partial charge in [-0.15, -0.1) is 4.40 Å². The normalized spacial score (nSPS) is 22.5. The lowest BCUT2D eigenvalue weighted by molar-refractivity contribution is 0.548. The first-order chi connectivity index (χ1) is 11.0. The summed E-state index contributed by atoms with van der Waals surface area (Å²) >= 11 is 0. The lowest BCUT2D eigenvalue weighted by atomic mass is 10.3. The fourth-order valence-corrected chi connectivity index (χ4v) is 3.97. The maximum absolute atomic E-state index is 12.4. The van der Waals surface area contributed by atoms with Crippen molar-refractivity contribution in [1.82, 2.24) is 9.80 Å². The molecule has 2 saturated heterocycles. The molecule has 0 bridgehead atoms. The lowest BCUT2D eigenvalue weighted by Gasteiger charge is -2.11. The zero-order chi connectivity index (χ0) is 16.4. The number of rotatable bonds is 3. The number of aliphatic imine (C=N–C) groups is 1. The number of hydrogen-bond acceptors (Lipinski definition) is 3. The molecule has 0 spiro atoms. The number of hydrogen-bond donors (Lipinski definition) is 0. The summed E-state index contributed by atoms with van der Waals surface area (Å²) in [6.07, 6.45) is 3.76. The highest BCUT2D eigenvalue weighted by atomic mass is 32.2. The van der Waals surface area contributed by atoms with Crippen molar-refractivity contribution >= 4 is 27.4 Å². The Bertz CT molecular complexity index is 738. The van der Waals surface area contributed by atoms with Crippen LogP contribution in [0, 0.1) is 0 Å². The van der Waals surface area contributed by atoms with E-state index in [0.717, 1.165) is 43.9 Å². The van der Waals surface area contributed by atoms with E-state index in [1.54, 1.807) is 24.3 Å². The fourth-order valence-electron chi connectivity index (χ4n) is 2.88. The van der Waals surface area contributed by atoms with E-state index < -0.39 is 10.0 Å². The first-order valence-electron chi connectivity index (χ1n) is 7.89. The molecule has 124 valence electrons. The predicted molar refractivity (Wildman–Crippen MR) is 91.9 cm³/mol. The number of sulfonamides is 1. The molecule has 0 aromatic heterocycles. The van der Waals surface area contributed by atoms with Crippen molar-refractivity contribution in [3.63, 3.8) is 0 Å². The van der Waals surface area contributed by atoms with Gasteiger partial charge in [0.25, 0.3) is 10.0 Å². The number of amidine groups is 2. The van der Waals surface area contributed by atoms with E-state index in [2.05, 4.69) is 14.3 Å². The van der Waals surface area contributed by atoms with Crippen molar-refractivity contribution in [2.24, 2.45) is 9.39 Å². The van der Waals surface area contributed by atoms with Crippen molar-refractivity contribution in [2.75, 3.05) is 27.2 Å². The SMILES string of the molecule is CN1CCCC1=Nc1ccc(S(=O)(=O)N=C2CCCN2C)cc1. The molecule has 1 aromatic carbocycles. The summed E-state index contributed by atoms with van der Waals surface area (Å²) in [5, 5.41) is 0. The summed E-state index contributed by atoms with van der Waals surface area (Å²) in [7, 11) is 0.256. The molecular weight excluding hydrogens is 312 g/mol. The molecule has 0 unspecified atom stereocenters. The molecule has 2 heterocycles. The average molecular weight is 334 g/mol. The predicted octanol–water partition coefficient (Wildman–Crippen LogP) is 2.25. The molecule has 0 radical (unpaired) electrons. The van der Waals surface area contributed by atoms with Crippen molar-refractivity contribution < 1.29 is 8.42 Å². The van der Waals surface area contributed by atoms with E-state index in [0.29, 0.717) is 12.3 Å². The topological polar surface area (TPSA) is 65.3 Å². The van der Waals surface area contributed by atoms with Gasteiger partial charge in [-0.25, -0.2) is 4.99 Å². The third-order valence-corrected chi connectivity index (χ3v) is 5.61. The van der Waals surface area contributed by atoms with Gasteiger partial charge >= 0.3 is 0 Å². The zero-order valence-corrected chi connectivity index (χ0v) is 14.4. The molecule has 0 atom stereocenters. The minimum atomic E-state index is -3.64. The van der Waals surface area contributed by atoms with Crippen LogP contribution in [0.2, 0.25) is 0 Å². The Morgan fingerprint density at radius 1 is 0.913 bits per heavy atom. The molecule has 7 heteroatoms. The van der Waals surface area contributed by atoms with Crippen LogP contribution in [0.3, 0.4) is 0 Å². The van der Waals surface area contributed by atoms with Crippen LogP contribution in [0.1, 0.15) is 25.7 Å². The largest absolute Gasteiger partial charge is 0.363 e. The van der Waals surface area contributed by atoms with E-state index in [4.69, 9.17) is 0 Å². The van der Waals surface area contributed by atoms with Crippen molar-refractivity contribution in [3.05, 3.63) is 24.3 Å². The average Bonchev–Trinajstić information content (AvgIpc) is 3.09. The first-order valence-corrected chi connectivity index (χ1v) is 9.33. The Kier molecular flexibility index (Phi) is 4.39. The fraction of sp³-hybridized carbons (Fsp3) is 0.500. The van der Waals surface area contributed by atoms with Gasteiger partial charge in [-0.2, -0.15) is 8.42 Å². The van der Waals surface area contributed by atoms with Crippen LogP contribution in [0.25, 0.3) is 0 Å². The zero-order valence-electron chi connectivity index (χ0n) is 13.6. The van der Waals surface area contributed by atoms with Gasteiger partial charge in [-0.1, -0.05) is 0 Å². The molecular formula is C16H22N4O2S. The molecule has 0 N–H and O–H groups in total. The van der Waals surface area contributed by atoms with Crippen molar-refractivity contribution in [2.45, 2.75) is 30.6 Å². The molecule has 0 amide bonds. The van der Waals surface area contributed by atoms with Gasteiger partial charge in [0.15, 0.2) is 0 Å². The minimum absolute atomic E-state index is 0.217. The monoisotopic (exact) mass is 334 g/mol. The van der Waals surface area contributed by atoms with Gasteiger partial charge in [-0.05, 0) is 37.1 Å². The van der Waals surface area contributed by atoms with Crippen molar-refractivity contribution in [3.8, 4) is 0 Å². The second-order valence-corrected chi connectivity index (χ2v) is 7.66. The van der Waals surface area contributed by atoms with Crippen LogP contribution in [0.15, 0.2) is 38.6 Å². The van der Waals surface area contributed by atoms with Gasteiger partial charge in [0, 0.05) is 40.0 Å². The van der Waals surface area contributed by atoms with E-state index in [9.17, 15) is 8.42 Å². The Morgan fingerprint density at radius 3 is 2.00 bits per heavy atom. The Morgan fingerprint density at radius 2 is 1.48 bits per heavy atom. The van der Waals surface area contributed by atoms with Crippen LogP contribution in [0.4, 0.5) is 5.69 Å². The van der Waals surface area contributed by atoms with Crippen molar-refractivity contribution in [1.29, 1.82) is 0 Å². The quantitative estimate of drug-likeness (QED) is 0.850. The van der Waals surface area contributed by atoms with E-state index >= 15 is 0 Å². The van der Waals surface area contributed by atoms with Gasteiger partial charge in [0.1, 0.15) is 11.7 Å². The van der Waals surface area contributed by atoms with Crippen LogP contribution in [-0.4, -0.2) is 57.1 Å². The Balaban J connectivity index is 1.81. The molecule has 1 aromatic rings. The maximum atomic E-state index is 12.4. The van der Waals surface area contributed by atoms with Gasteiger partial charge in [0.05, 0.1) is 10.6 Å². The molecule has 2 aliphatic rings. The number of nitrogens with zero attached hydrogens (tertiary/aromatic N) is 4. The van der Waals surface area contributed by atoms with Crippen LogP contribution < -0.4 is 0 Å². The first kappa shape index (κ1) is 16.0. The highest BCUT2D eigenvalue weighted by Crippen LogP contribution is 2.22. The smallest absolute Gasteiger partial charge is 0.283 e. The molecule has 2 aliphatic heterocycles. The number of benzene rings is 1. The van der Waals surface area contributed by atoms with E-state index in [1.807, 2.05) is 19.0 Å². The van der Waals surface area contributed by atoms with Crippen LogP contribution >= 0.6 is 0 Å². The summed E-state index contributed by atoms with van der Waals surface area (Å²) in [5.41, 5.74) is 0.776. The molecule has 6 nitrogen and oxygen atoms in total. The molecule has 23 heavy (non-hydrogen) atoms. The minimum Gasteiger partial charge on any atom is -0.363 e. The van der Waals surface area contributed by atoms with Crippen LogP contribution in [-0.2, 0) is 10.0 Å². The maximum Gasteiger partial charge on any atom is 0.283 e. The number of likely N-dealkylation sites (tertiary alicyclic amines) is 2. The van der Waals surface area contributed by atoms with Crippen LogP contribution in [0.5, 0.6) is 0 Å². The summed E-state index contributed by atoms with van der Waals surface area (Å²) in [6.45, 7) is 1.88. The second kappa shape index (κ2) is 6.31. The second-order valence-electron chi connectivity index (χ2n) is 6.05. The van der Waals surface area contributed by atoms with Gasteiger partial charge in [0.2, 0.25) is 0 Å². The standard InChI is InChI=1S/C16H22N4O2S/c1-19-11-3-5-15(19)17-13-7-9-14(10-8-13)23(21,22)18-16-6-4-12-20(16)2/h7-10H,3-6,11-12H2,1-2H3. The highest BCUT2D eigenvalue weighted by Gasteiger charge is 2.20. The third kappa shape index (κ3) is 3.55. The van der Waals surface area contributed by atoms with E-state index in [-0.39, 0.29) is 4.90 Å². The summed E-state index contributed by atoms with van der Waals surface area (Å²) in [4.78, 5) is 8.83. The molecule has 0 saturated carbocycles. The highest BCUT2D eigenvalue weighted by molar-refractivity contribution is 7.90. The van der Waals surface area contributed by atoms with E-state index in [1.165, 1.54) is 0 Å². The van der Waals surface area contributed by atoms with Gasteiger partial charge in [-0.3, -0.25) is 0 Å². The summed E-state index contributed by atoms with van der Waals surface area (Å²) in [5.74, 6) is 1.69. The molecule has 0 aliphatic carbocycles. The summed E-state index contributed by atoms with van der Waals surface area (Å²) in [6, 6.07) is 6.65.